The highest BCUT2D eigenvalue weighted by molar-refractivity contribution is 6.30. The second-order valence-electron chi connectivity index (χ2n) is 5.71. The maximum Gasteiger partial charge on any atom is 0.290 e. The Morgan fingerprint density at radius 3 is 2.36 bits per heavy atom. The fourth-order valence-corrected chi connectivity index (χ4v) is 2.65. The van der Waals surface area contributed by atoms with Crippen molar-refractivity contribution in [3.8, 4) is 0 Å². The number of pyridine rings is 1. The highest BCUT2D eigenvalue weighted by Crippen LogP contribution is 2.18. The lowest BCUT2D eigenvalue weighted by Gasteiger charge is -2.05. The molecule has 0 aliphatic heterocycles. The summed E-state index contributed by atoms with van der Waals surface area (Å²) in [5.74, 6) is -0.855. The lowest BCUT2D eigenvalue weighted by Crippen LogP contribution is -2.39. The monoisotopic (exact) mass is 355 g/mol. The van der Waals surface area contributed by atoms with E-state index < -0.39 is 5.82 Å². The van der Waals surface area contributed by atoms with E-state index in [1.807, 2.05) is 42.7 Å². The van der Waals surface area contributed by atoms with E-state index in [1.54, 1.807) is 4.57 Å². The molecule has 1 aromatic heterocycles. The van der Waals surface area contributed by atoms with E-state index in [0.717, 1.165) is 12.0 Å². The molecule has 3 nitrogen and oxygen atoms in total. The van der Waals surface area contributed by atoms with Crippen molar-refractivity contribution in [2.45, 2.75) is 13.0 Å². The van der Waals surface area contributed by atoms with Crippen LogP contribution in [-0.4, -0.2) is 5.91 Å². The van der Waals surface area contributed by atoms with E-state index in [1.165, 1.54) is 23.8 Å². The van der Waals surface area contributed by atoms with Gasteiger partial charge >= 0.3 is 0 Å². The van der Waals surface area contributed by atoms with Gasteiger partial charge < -0.3 is 5.32 Å². The standard InChI is InChI=1S/C20H16ClFN2O/c21-17-6-7-19(18(22)13-17)23-20(25)14-24-10-8-16(9-11-24)12-15-4-2-1-3-5-15/h1-11,13H,12,14H2/p+1. The van der Waals surface area contributed by atoms with Crippen molar-refractivity contribution in [1.29, 1.82) is 0 Å². The third kappa shape index (κ3) is 4.88. The molecule has 3 rings (SSSR count). The quantitative estimate of drug-likeness (QED) is 0.689. The summed E-state index contributed by atoms with van der Waals surface area (Å²) in [6, 6.07) is 18.3. The van der Waals surface area contributed by atoms with Gasteiger partial charge in [-0.25, -0.2) is 4.39 Å². The summed E-state index contributed by atoms with van der Waals surface area (Å²) in [7, 11) is 0. The van der Waals surface area contributed by atoms with Gasteiger partial charge in [-0.05, 0) is 35.7 Å². The Morgan fingerprint density at radius 2 is 1.68 bits per heavy atom. The molecule has 3 aromatic rings. The molecule has 1 amide bonds. The Balaban J connectivity index is 1.60. The SMILES string of the molecule is O=C(C[n+]1ccc(Cc2ccccc2)cc1)Nc1ccc(Cl)cc1F. The summed E-state index contributed by atoms with van der Waals surface area (Å²) < 4.78 is 15.5. The van der Waals surface area contributed by atoms with Crippen molar-refractivity contribution in [3.63, 3.8) is 0 Å². The van der Waals surface area contributed by atoms with Crippen LogP contribution < -0.4 is 9.88 Å². The number of carbonyl (C=O) groups is 1. The van der Waals surface area contributed by atoms with Crippen LogP contribution in [0.5, 0.6) is 0 Å². The first-order valence-corrected chi connectivity index (χ1v) is 8.25. The minimum absolute atomic E-state index is 0.105. The Bertz CT molecular complexity index is 867. The number of amides is 1. The average Bonchev–Trinajstić information content (AvgIpc) is 2.60. The van der Waals surface area contributed by atoms with Gasteiger partial charge in [0.1, 0.15) is 5.82 Å². The van der Waals surface area contributed by atoms with Crippen molar-refractivity contribution in [3.05, 3.63) is 95.0 Å². The molecule has 25 heavy (non-hydrogen) atoms. The summed E-state index contributed by atoms with van der Waals surface area (Å²) >= 11 is 5.70. The maximum atomic E-state index is 13.7. The van der Waals surface area contributed by atoms with Crippen LogP contribution in [0.25, 0.3) is 0 Å². The number of hydrogen-bond acceptors (Lipinski definition) is 1. The zero-order valence-corrected chi connectivity index (χ0v) is 14.2. The Kier molecular flexibility index (Phi) is 5.41. The Hall–Kier alpha value is -2.72. The number of rotatable bonds is 5. The van der Waals surface area contributed by atoms with Crippen LogP contribution in [0.15, 0.2) is 73.1 Å². The van der Waals surface area contributed by atoms with Gasteiger partial charge in [-0.15, -0.1) is 0 Å². The van der Waals surface area contributed by atoms with Crippen LogP contribution in [0.2, 0.25) is 5.02 Å². The molecular weight excluding hydrogens is 339 g/mol. The molecule has 0 aliphatic carbocycles. The van der Waals surface area contributed by atoms with Crippen molar-refractivity contribution >= 4 is 23.2 Å². The van der Waals surface area contributed by atoms with Gasteiger partial charge in [-0.1, -0.05) is 41.9 Å². The number of aromatic nitrogens is 1. The van der Waals surface area contributed by atoms with Crippen LogP contribution in [-0.2, 0) is 17.8 Å². The molecule has 1 N–H and O–H groups in total. The minimum Gasteiger partial charge on any atom is -0.318 e. The normalized spacial score (nSPS) is 10.5. The highest BCUT2D eigenvalue weighted by atomic mass is 35.5. The molecule has 1 heterocycles. The molecule has 2 aromatic carbocycles. The predicted molar refractivity (Wildman–Crippen MR) is 95.9 cm³/mol. The minimum atomic E-state index is -0.552. The number of nitrogens with zero attached hydrogens (tertiary/aromatic N) is 1. The van der Waals surface area contributed by atoms with E-state index in [2.05, 4.69) is 17.4 Å². The molecule has 126 valence electrons. The van der Waals surface area contributed by atoms with Crippen molar-refractivity contribution in [1.82, 2.24) is 0 Å². The van der Waals surface area contributed by atoms with Crippen molar-refractivity contribution in [2.24, 2.45) is 0 Å². The fourth-order valence-electron chi connectivity index (χ4n) is 2.49. The number of anilines is 1. The first-order valence-electron chi connectivity index (χ1n) is 7.87. The van der Waals surface area contributed by atoms with Crippen LogP contribution in [0.1, 0.15) is 11.1 Å². The van der Waals surface area contributed by atoms with Crippen LogP contribution in [0, 0.1) is 5.82 Å². The second-order valence-corrected chi connectivity index (χ2v) is 6.15. The van der Waals surface area contributed by atoms with Gasteiger partial charge in [0.2, 0.25) is 6.54 Å². The maximum absolute atomic E-state index is 13.7. The van der Waals surface area contributed by atoms with E-state index in [-0.39, 0.29) is 18.1 Å². The molecule has 0 saturated carbocycles. The van der Waals surface area contributed by atoms with Crippen molar-refractivity contribution < 1.29 is 13.8 Å². The molecule has 0 bridgehead atoms. The molecule has 5 heteroatoms. The average molecular weight is 356 g/mol. The lowest BCUT2D eigenvalue weighted by molar-refractivity contribution is -0.684. The Morgan fingerprint density at radius 1 is 1.00 bits per heavy atom. The molecular formula is C20H17ClFN2O+. The van der Waals surface area contributed by atoms with Crippen LogP contribution >= 0.6 is 11.6 Å². The third-order valence-corrected chi connectivity index (χ3v) is 3.98. The zero-order chi connectivity index (χ0) is 17.6. The molecule has 0 aliphatic rings. The predicted octanol–water partition coefficient (Wildman–Crippen LogP) is 4.00. The molecule has 0 unspecified atom stereocenters. The molecule has 0 atom stereocenters. The van der Waals surface area contributed by atoms with Crippen LogP contribution in [0.3, 0.4) is 0 Å². The molecule has 0 fully saturated rings. The third-order valence-electron chi connectivity index (χ3n) is 3.74. The molecule has 0 radical (unpaired) electrons. The van der Waals surface area contributed by atoms with Gasteiger partial charge in [0, 0.05) is 17.2 Å². The first-order chi connectivity index (χ1) is 12.1. The van der Waals surface area contributed by atoms with E-state index in [4.69, 9.17) is 11.6 Å². The van der Waals surface area contributed by atoms with Gasteiger partial charge in [0.15, 0.2) is 12.4 Å². The van der Waals surface area contributed by atoms with E-state index in [9.17, 15) is 9.18 Å². The van der Waals surface area contributed by atoms with Crippen LogP contribution in [0.4, 0.5) is 10.1 Å². The van der Waals surface area contributed by atoms with E-state index in [0.29, 0.717) is 5.02 Å². The molecule has 0 spiro atoms. The summed E-state index contributed by atoms with van der Waals surface area (Å²) in [6.45, 7) is 0.105. The number of nitrogens with one attached hydrogen (secondary N) is 1. The Labute approximate surface area is 150 Å². The first kappa shape index (κ1) is 17.1. The number of halogens is 2. The summed E-state index contributed by atoms with van der Waals surface area (Å²) in [5, 5.41) is 2.84. The number of carbonyl (C=O) groups excluding carboxylic acids is 1. The summed E-state index contributed by atoms with van der Waals surface area (Å²) in [6.07, 6.45) is 4.52. The fraction of sp³-hybridized carbons (Fsp3) is 0.100. The van der Waals surface area contributed by atoms with Gasteiger partial charge in [-0.3, -0.25) is 4.79 Å². The number of hydrogen-bond donors (Lipinski definition) is 1. The smallest absolute Gasteiger partial charge is 0.290 e. The largest absolute Gasteiger partial charge is 0.318 e. The zero-order valence-electron chi connectivity index (χ0n) is 13.5. The molecule has 0 saturated heterocycles. The van der Waals surface area contributed by atoms with Crippen molar-refractivity contribution in [2.75, 3.05) is 5.32 Å². The van der Waals surface area contributed by atoms with Gasteiger partial charge in [0.25, 0.3) is 5.91 Å². The summed E-state index contributed by atoms with van der Waals surface area (Å²) in [4.78, 5) is 12.1. The highest BCUT2D eigenvalue weighted by Gasteiger charge is 2.12. The second kappa shape index (κ2) is 7.90. The summed E-state index contributed by atoms with van der Waals surface area (Å²) in [5.41, 5.74) is 2.51. The van der Waals surface area contributed by atoms with Gasteiger partial charge in [0.05, 0.1) is 5.69 Å². The number of benzene rings is 2. The van der Waals surface area contributed by atoms with E-state index >= 15 is 0 Å². The lowest BCUT2D eigenvalue weighted by atomic mass is 10.1. The topological polar surface area (TPSA) is 33.0 Å². The van der Waals surface area contributed by atoms with Gasteiger partial charge in [-0.2, -0.15) is 4.57 Å².